The third-order valence-corrected chi connectivity index (χ3v) is 5.46. The molecule has 1 atom stereocenters. The van der Waals surface area contributed by atoms with Crippen molar-refractivity contribution >= 4 is 5.97 Å². The van der Waals surface area contributed by atoms with E-state index in [9.17, 15) is 4.79 Å². The lowest BCUT2D eigenvalue weighted by molar-refractivity contribution is -0.131. The topological polar surface area (TPSA) is 55.1 Å². The summed E-state index contributed by atoms with van der Waals surface area (Å²) in [4.78, 5) is 14.8. The fraction of sp³-hybridized carbons (Fsp3) is 0.417. The van der Waals surface area contributed by atoms with Crippen LogP contribution in [-0.4, -0.2) is 20.6 Å². The molecule has 0 fully saturated rings. The van der Waals surface area contributed by atoms with Crippen LogP contribution in [0.2, 0.25) is 0 Å². The molecule has 4 heteroatoms. The lowest BCUT2D eigenvalue weighted by Gasteiger charge is -2.37. The first-order valence-corrected chi connectivity index (χ1v) is 9.80. The first kappa shape index (κ1) is 21.7. The number of hydrogen-bond acceptors (Lipinski definition) is 2. The van der Waals surface area contributed by atoms with Crippen molar-refractivity contribution in [2.45, 2.75) is 54.0 Å². The summed E-state index contributed by atoms with van der Waals surface area (Å²) in [5, 5.41) is 8.75. The summed E-state index contributed by atoms with van der Waals surface area (Å²) in [6, 6.07) is 0. The van der Waals surface area contributed by atoms with E-state index < -0.39 is 5.97 Å². The maximum absolute atomic E-state index is 10.7. The summed E-state index contributed by atoms with van der Waals surface area (Å²) in [6.45, 7) is 11.7. The van der Waals surface area contributed by atoms with Crippen LogP contribution in [0.4, 0.5) is 0 Å². The van der Waals surface area contributed by atoms with Crippen LogP contribution in [0.3, 0.4) is 0 Å². The van der Waals surface area contributed by atoms with Gasteiger partial charge in [-0.05, 0) is 56.1 Å². The van der Waals surface area contributed by atoms with Crippen molar-refractivity contribution in [3.8, 4) is 0 Å². The molecule has 0 spiro atoms. The van der Waals surface area contributed by atoms with E-state index in [2.05, 4.69) is 49.4 Å². The van der Waals surface area contributed by atoms with Crippen molar-refractivity contribution in [3.63, 3.8) is 0 Å². The minimum Gasteiger partial charge on any atom is -0.478 e. The highest BCUT2D eigenvalue weighted by Crippen LogP contribution is 2.44. The van der Waals surface area contributed by atoms with Gasteiger partial charge in [0.1, 0.15) is 0 Å². The normalized spacial score (nSPS) is 21.1. The van der Waals surface area contributed by atoms with Crippen molar-refractivity contribution in [3.05, 3.63) is 77.5 Å². The number of allylic oxidation sites excluding steroid dienone is 9. The van der Waals surface area contributed by atoms with E-state index in [0.29, 0.717) is 5.92 Å². The minimum atomic E-state index is -0.921. The van der Waals surface area contributed by atoms with Gasteiger partial charge in [0.15, 0.2) is 0 Å². The molecule has 0 aliphatic heterocycles. The molecule has 0 bridgehead atoms. The number of carboxylic acid groups (broad SMARTS) is 1. The first-order chi connectivity index (χ1) is 13.2. The molecular weight excluding hydrogens is 348 g/mol. The summed E-state index contributed by atoms with van der Waals surface area (Å²) >= 11 is 0. The van der Waals surface area contributed by atoms with Crippen LogP contribution in [0.15, 0.2) is 77.5 Å². The summed E-state index contributed by atoms with van der Waals surface area (Å²) in [5.74, 6) is -0.384. The summed E-state index contributed by atoms with van der Waals surface area (Å²) in [7, 11) is 0. The standard InChI is InChI=1S/C24H32N2O2/c1-18(7-6-8-19(2)15-23(27)28)9-10-22-20(3)21(11-12-24(22,4)5)16-26-14-13-25-17-26/h6-10,13-15,17,21H,11-12,16H2,1-5H3,(H,27,28)/b8-6+,10-9+,18-7-,19-15-. The number of rotatable bonds is 7. The number of carboxylic acids is 1. The van der Waals surface area contributed by atoms with Crippen LogP contribution >= 0.6 is 0 Å². The molecule has 28 heavy (non-hydrogen) atoms. The molecule has 1 aromatic rings. The maximum atomic E-state index is 10.7. The van der Waals surface area contributed by atoms with Gasteiger partial charge < -0.3 is 9.67 Å². The Morgan fingerprint density at radius 2 is 2.07 bits per heavy atom. The van der Waals surface area contributed by atoms with Gasteiger partial charge in [0, 0.05) is 25.0 Å². The average Bonchev–Trinajstić information content (AvgIpc) is 3.09. The monoisotopic (exact) mass is 380 g/mol. The second kappa shape index (κ2) is 9.54. The predicted molar refractivity (Wildman–Crippen MR) is 115 cm³/mol. The molecular formula is C24H32N2O2. The highest BCUT2D eigenvalue weighted by atomic mass is 16.4. The van der Waals surface area contributed by atoms with Gasteiger partial charge in [0.25, 0.3) is 0 Å². The van der Waals surface area contributed by atoms with Gasteiger partial charge in [-0.1, -0.05) is 55.4 Å². The van der Waals surface area contributed by atoms with Crippen LogP contribution in [0.25, 0.3) is 0 Å². The van der Waals surface area contributed by atoms with Crippen LogP contribution in [0.1, 0.15) is 47.5 Å². The van der Waals surface area contributed by atoms with Crippen molar-refractivity contribution < 1.29 is 9.90 Å². The number of nitrogens with zero attached hydrogens (tertiary/aromatic N) is 2. The highest BCUT2D eigenvalue weighted by molar-refractivity contribution is 5.81. The van der Waals surface area contributed by atoms with E-state index in [1.807, 2.05) is 36.9 Å². The Labute approximate surface area is 168 Å². The number of aliphatic carboxylic acids is 1. The van der Waals surface area contributed by atoms with E-state index in [0.717, 1.165) is 17.7 Å². The maximum Gasteiger partial charge on any atom is 0.328 e. The van der Waals surface area contributed by atoms with E-state index >= 15 is 0 Å². The minimum absolute atomic E-state index is 0.170. The van der Waals surface area contributed by atoms with Gasteiger partial charge in [-0.3, -0.25) is 0 Å². The van der Waals surface area contributed by atoms with Crippen LogP contribution in [-0.2, 0) is 11.3 Å². The Bertz CT molecular complexity index is 834. The van der Waals surface area contributed by atoms with Crippen LogP contribution in [0.5, 0.6) is 0 Å². The molecule has 150 valence electrons. The fourth-order valence-electron chi connectivity index (χ4n) is 3.74. The first-order valence-electron chi connectivity index (χ1n) is 9.80. The second-order valence-electron chi connectivity index (χ2n) is 8.31. The number of hydrogen-bond donors (Lipinski definition) is 1. The smallest absolute Gasteiger partial charge is 0.328 e. The third-order valence-electron chi connectivity index (χ3n) is 5.46. The van der Waals surface area contributed by atoms with Gasteiger partial charge in [0.05, 0.1) is 6.33 Å². The van der Waals surface area contributed by atoms with Crippen LogP contribution < -0.4 is 0 Å². The largest absolute Gasteiger partial charge is 0.478 e. The Balaban J connectivity index is 2.16. The van der Waals surface area contributed by atoms with Gasteiger partial charge in [-0.15, -0.1) is 0 Å². The number of carbonyl (C=O) groups is 1. The Morgan fingerprint density at radius 3 is 2.71 bits per heavy atom. The Hall–Kier alpha value is -2.62. The quantitative estimate of drug-likeness (QED) is 0.486. The molecule has 0 saturated heterocycles. The molecule has 1 aromatic heterocycles. The zero-order valence-electron chi connectivity index (χ0n) is 17.6. The molecule has 1 aliphatic carbocycles. The SMILES string of the molecule is CC1=C(/C=C/C(C)=C\C=C\C(C)=C/C(=O)O)C(C)(C)CCC1Cn1ccnc1. The number of imidazole rings is 1. The van der Waals surface area contributed by atoms with Crippen molar-refractivity contribution in [2.75, 3.05) is 0 Å². The van der Waals surface area contributed by atoms with Gasteiger partial charge in [-0.25, -0.2) is 9.78 Å². The Kier molecular flexibility index (Phi) is 7.38. The van der Waals surface area contributed by atoms with Crippen LogP contribution in [0, 0.1) is 11.3 Å². The summed E-state index contributed by atoms with van der Waals surface area (Å²) in [5.41, 5.74) is 4.90. The summed E-state index contributed by atoms with van der Waals surface area (Å²) in [6.07, 6.45) is 19.4. The lowest BCUT2D eigenvalue weighted by atomic mass is 9.68. The molecule has 0 aromatic carbocycles. The molecule has 0 saturated carbocycles. The van der Waals surface area contributed by atoms with E-state index in [1.165, 1.54) is 30.1 Å². The third kappa shape index (κ3) is 6.22. The zero-order valence-corrected chi connectivity index (χ0v) is 17.6. The fourth-order valence-corrected chi connectivity index (χ4v) is 3.74. The van der Waals surface area contributed by atoms with Gasteiger partial charge in [0.2, 0.25) is 0 Å². The van der Waals surface area contributed by atoms with E-state index in [-0.39, 0.29) is 5.41 Å². The van der Waals surface area contributed by atoms with Crippen molar-refractivity contribution in [1.29, 1.82) is 0 Å². The molecule has 4 nitrogen and oxygen atoms in total. The average molecular weight is 381 g/mol. The van der Waals surface area contributed by atoms with Crippen molar-refractivity contribution in [2.24, 2.45) is 11.3 Å². The lowest BCUT2D eigenvalue weighted by Crippen LogP contribution is -2.26. The predicted octanol–water partition coefficient (Wildman–Crippen LogP) is 5.73. The molecule has 2 rings (SSSR count). The summed E-state index contributed by atoms with van der Waals surface area (Å²) < 4.78 is 2.16. The molecule has 1 unspecified atom stereocenters. The zero-order chi connectivity index (χ0) is 20.7. The molecule has 1 N–H and O–H groups in total. The molecule has 1 heterocycles. The molecule has 1 aliphatic rings. The number of aromatic nitrogens is 2. The van der Waals surface area contributed by atoms with Gasteiger partial charge >= 0.3 is 5.97 Å². The highest BCUT2D eigenvalue weighted by Gasteiger charge is 2.31. The molecule has 0 amide bonds. The van der Waals surface area contributed by atoms with Gasteiger partial charge in [-0.2, -0.15) is 0 Å². The molecule has 0 radical (unpaired) electrons. The van der Waals surface area contributed by atoms with E-state index in [1.54, 1.807) is 6.92 Å². The van der Waals surface area contributed by atoms with Crippen molar-refractivity contribution in [1.82, 2.24) is 9.55 Å². The second-order valence-corrected chi connectivity index (χ2v) is 8.31. The van der Waals surface area contributed by atoms with E-state index in [4.69, 9.17) is 5.11 Å². The Morgan fingerprint density at radius 1 is 1.32 bits per heavy atom.